The van der Waals surface area contributed by atoms with E-state index in [0.717, 1.165) is 18.7 Å². The van der Waals surface area contributed by atoms with Crippen molar-refractivity contribution in [2.24, 2.45) is 0 Å². The minimum atomic E-state index is -4.02. The number of pyridine rings is 1. The third kappa shape index (κ3) is 3.92. The number of benzene rings is 1. The lowest BCUT2D eigenvalue weighted by Crippen LogP contribution is -2.43. The zero-order chi connectivity index (χ0) is 17.2. The number of aromatic nitrogens is 1. The molecule has 2 bridgehead atoms. The Bertz CT molecular complexity index is 778. The average molecular weight is 347 g/mol. The quantitative estimate of drug-likeness (QED) is 0.807. The standard InChI is InChI=1S/C10H13N3.C7H8O3S/c1-2-9(5-11-3-1)13-7-8-4-10(13)6-12-8;1-6-2-4-7(5-3-6)11(8,9)10/h1-3,5,8,10,12H,4,6-7H2;2-5H,1H3,(H,8,9,10)/t8-,10-;/m0./s1. The molecule has 0 saturated carbocycles. The summed E-state index contributed by atoms with van der Waals surface area (Å²) in [7, 11) is -4.02. The molecule has 0 radical (unpaired) electrons. The molecule has 0 aliphatic carbocycles. The van der Waals surface area contributed by atoms with E-state index in [4.69, 9.17) is 4.55 Å². The zero-order valence-corrected chi connectivity index (χ0v) is 14.3. The normalized spacial score (nSPS) is 22.2. The van der Waals surface area contributed by atoms with Gasteiger partial charge in [-0.3, -0.25) is 9.54 Å². The van der Waals surface area contributed by atoms with Gasteiger partial charge in [0, 0.05) is 31.4 Å². The summed E-state index contributed by atoms with van der Waals surface area (Å²) in [6.45, 7) is 4.13. The lowest BCUT2D eigenvalue weighted by molar-refractivity contribution is 0.483. The molecule has 1 aromatic carbocycles. The number of aryl methyl sites for hydroxylation is 1. The Labute approximate surface area is 142 Å². The number of nitrogens with zero attached hydrogens (tertiary/aromatic N) is 2. The van der Waals surface area contributed by atoms with E-state index in [1.54, 1.807) is 12.1 Å². The van der Waals surface area contributed by atoms with Crippen LogP contribution in [0.5, 0.6) is 0 Å². The number of fused-ring (bicyclic) bond motifs is 2. The van der Waals surface area contributed by atoms with Crippen LogP contribution in [0.1, 0.15) is 12.0 Å². The van der Waals surface area contributed by atoms with Crippen molar-refractivity contribution in [1.82, 2.24) is 10.3 Å². The Balaban J connectivity index is 0.000000144. The SMILES string of the molecule is Cc1ccc(S(=O)(=O)O)cc1.c1cncc(N2C[C@@H]3C[C@H]2CN3)c1. The molecule has 128 valence electrons. The number of piperazine rings is 1. The Morgan fingerprint density at radius 3 is 2.50 bits per heavy atom. The first-order valence-electron chi connectivity index (χ1n) is 7.88. The fourth-order valence-corrected chi connectivity index (χ4v) is 3.59. The van der Waals surface area contributed by atoms with Crippen molar-refractivity contribution in [2.45, 2.75) is 30.3 Å². The molecule has 2 saturated heterocycles. The van der Waals surface area contributed by atoms with Crippen LogP contribution < -0.4 is 10.2 Å². The highest BCUT2D eigenvalue weighted by Gasteiger charge is 2.37. The van der Waals surface area contributed by atoms with Crippen LogP contribution in [0.2, 0.25) is 0 Å². The van der Waals surface area contributed by atoms with Crippen LogP contribution in [0.3, 0.4) is 0 Å². The minimum Gasteiger partial charge on any atom is -0.364 e. The van der Waals surface area contributed by atoms with Crippen molar-refractivity contribution in [1.29, 1.82) is 0 Å². The minimum absolute atomic E-state index is 0.0666. The van der Waals surface area contributed by atoms with Crippen molar-refractivity contribution >= 4 is 15.8 Å². The van der Waals surface area contributed by atoms with Gasteiger partial charge in [-0.2, -0.15) is 8.42 Å². The summed E-state index contributed by atoms with van der Waals surface area (Å²) in [6.07, 6.45) is 5.09. The molecule has 2 N–H and O–H groups in total. The first kappa shape index (κ1) is 16.9. The molecule has 2 aliphatic rings. The second-order valence-corrected chi connectivity index (χ2v) is 7.57. The number of nitrogens with one attached hydrogen (secondary N) is 1. The Hall–Kier alpha value is -1.96. The summed E-state index contributed by atoms with van der Waals surface area (Å²) in [4.78, 5) is 6.55. The summed E-state index contributed by atoms with van der Waals surface area (Å²) >= 11 is 0. The fraction of sp³-hybridized carbons (Fsp3) is 0.353. The number of anilines is 1. The van der Waals surface area contributed by atoms with Crippen molar-refractivity contribution < 1.29 is 13.0 Å². The van der Waals surface area contributed by atoms with Crippen LogP contribution in [0.4, 0.5) is 5.69 Å². The van der Waals surface area contributed by atoms with E-state index >= 15 is 0 Å². The molecule has 0 amide bonds. The Morgan fingerprint density at radius 1 is 1.25 bits per heavy atom. The monoisotopic (exact) mass is 347 g/mol. The van der Waals surface area contributed by atoms with Crippen LogP contribution in [-0.4, -0.2) is 43.1 Å². The summed E-state index contributed by atoms with van der Waals surface area (Å²) in [5, 5.41) is 3.49. The molecule has 4 rings (SSSR count). The van der Waals surface area contributed by atoms with Gasteiger partial charge < -0.3 is 10.2 Å². The van der Waals surface area contributed by atoms with Crippen molar-refractivity contribution in [2.75, 3.05) is 18.0 Å². The molecule has 3 heterocycles. The van der Waals surface area contributed by atoms with Gasteiger partial charge in [0.1, 0.15) is 0 Å². The van der Waals surface area contributed by atoms with E-state index in [1.165, 1.54) is 24.2 Å². The highest BCUT2D eigenvalue weighted by molar-refractivity contribution is 7.85. The van der Waals surface area contributed by atoms with Gasteiger partial charge >= 0.3 is 0 Å². The maximum absolute atomic E-state index is 10.5. The van der Waals surface area contributed by atoms with Crippen LogP contribution in [-0.2, 0) is 10.1 Å². The average Bonchev–Trinajstić information content (AvgIpc) is 3.19. The van der Waals surface area contributed by atoms with Gasteiger partial charge in [0.05, 0.1) is 16.8 Å². The first-order chi connectivity index (χ1) is 11.4. The van der Waals surface area contributed by atoms with Crippen LogP contribution in [0.15, 0.2) is 53.7 Å². The number of hydrogen-bond donors (Lipinski definition) is 2. The van der Waals surface area contributed by atoms with Crippen LogP contribution in [0.25, 0.3) is 0 Å². The van der Waals surface area contributed by atoms with Gasteiger partial charge in [-0.1, -0.05) is 17.7 Å². The molecule has 2 aromatic rings. The van der Waals surface area contributed by atoms with Gasteiger partial charge in [-0.05, 0) is 37.6 Å². The Kier molecular flexibility index (Phi) is 4.84. The molecule has 0 spiro atoms. The van der Waals surface area contributed by atoms with Gasteiger partial charge in [0.25, 0.3) is 10.1 Å². The van der Waals surface area contributed by atoms with E-state index in [1.807, 2.05) is 25.4 Å². The summed E-state index contributed by atoms with van der Waals surface area (Å²) < 4.78 is 29.6. The van der Waals surface area contributed by atoms with Crippen LogP contribution in [0, 0.1) is 6.92 Å². The fourth-order valence-electron chi connectivity index (χ4n) is 3.11. The molecule has 1 aromatic heterocycles. The van der Waals surface area contributed by atoms with E-state index < -0.39 is 10.1 Å². The topological polar surface area (TPSA) is 82.5 Å². The van der Waals surface area contributed by atoms with Gasteiger partial charge in [-0.25, -0.2) is 0 Å². The lowest BCUT2D eigenvalue weighted by Gasteiger charge is -2.29. The van der Waals surface area contributed by atoms with E-state index in [2.05, 4.69) is 21.3 Å². The van der Waals surface area contributed by atoms with Gasteiger partial charge in [0.2, 0.25) is 0 Å². The molecule has 2 aliphatic heterocycles. The molecule has 6 nitrogen and oxygen atoms in total. The van der Waals surface area contributed by atoms with Gasteiger partial charge in [-0.15, -0.1) is 0 Å². The van der Waals surface area contributed by atoms with E-state index in [9.17, 15) is 8.42 Å². The maximum atomic E-state index is 10.5. The molecular weight excluding hydrogens is 326 g/mol. The van der Waals surface area contributed by atoms with E-state index in [-0.39, 0.29) is 4.90 Å². The molecule has 0 unspecified atom stereocenters. The molecule has 2 atom stereocenters. The van der Waals surface area contributed by atoms with Crippen molar-refractivity contribution in [3.63, 3.8) is 0 Å². The first-order valence-corrected chi connectivity index (χ1v) is 9.32. The lowest BCUT2D eigenvalue weighted by atomic mass is 10.2. The number of rotatable bonds is 2. The van der Waals surface area contributed by atoms with Gasteiger partial charge in [0.15, 0.2) is 0 Å². The Morgan fingerprint density at radius 2 is 2.00 bits per heavy atom. The smallest absolute Gasteiger partial charge is 0.294 e. The molecule has 2 fully saturated rings. The van der Waals surface area contributed by atoms with Crippen LogP contribution >= 0.6 is 0 Å². The third-order valence-corrected chi connectivity index (χ3v) is 5.22. The highest BCUT2D eigenvalue weighted by Crippen LogP contribution is 2.28. The largest absolute Gasteiger partial charge is 0.364 e. The summed E-state index contributed by atoms with van der Waals surface area (Å²) in [5.74, 6) is 0. The second kappa shape index (κ2) is 6.88. The third-order valence-electron chi connectivity index (χ3n) is 4.35. The molecule has 7 heteroatoms. The highest BCUT2D eigenvalue weighted by atomic mass is 32.2. The molecule has 24 heavy (non-hydrogen) atoms. The second-order valence-electron chi connectivity index (χ2n) is 6.15. The summed E-state index contributed by atoms with van der Waals surface area (Å²) in [5.41, 5.74) is 2.23. The van der Waals surface area contributed by atoms with E-state index in [0.29, 0.717) is 12.1 Å². The predicted molar refractivity (Wildman–Crippen MR) is 92.8 cm³/mol. The predicted octanol–water partition coefficient (Wildman–Crippen LogP) is 1.87. The number of hydrogen-bond acceptors (Lipinski definition) is 5. The zero-order valence-electron chi connectivity index (χ0n) is 13.5. The molecular formula is C17H21N3O3S. The summed E-state index contributed by atoms with van der Waals surface area (Å²) in [6, 6.07) is 11.6. The van der Waals surface area contributed by atoms with Crippen molar-refractivity contribution in [3.8, 4) is 0 Å². The maximum Gasteiger partial charge on any atom is 0.294 e. The van der Waals surface area contributed by atoms with Crippen molar-refractivity contribution in [3.05, 3.63) is 54.4 Å².